The fourth-order valence-corrected chi connectivity index (χ4v) is 3.67. The van der Waals surface area contributed by atoms with Gasteiger partial charge in [-0.1, -0.05) is 60.7 Å². The Bertz CT molecular complexity index is 1150. The predicted molar refractivity (Wildman–Crippen MR) is 113 cm³/mol. The molecule has 0 aliphatic carbocycles. The van der Waals surface area contributed by atoms with Crippen LogP contribution < -0.4 is 5.32 Å². The number of aliphatic carboxylic acids is 1. The van der Waals surface area contributed by atoms with Gasteiger partial charge in [-0.3, -0.25) is 4.79 Å². The number of carboxylic acid groups (broad SMARTS) is 1. The molecule has 0 saturated heterocycles. The van der Waals surface area contributed by atoms with Crippen molar-refractivity contribution in [2.24, 2.45) is 0 Å². The van der Waals surface area contributed by atoms with Crippen LogP contribution in [0.5, 0.6) is 0 Å². The number of benzene rings is 3. The molecule has 0 saturated carbocycles. The van der Waals surface area contributed by atoms with Crippen molar-refractivity contribution in [3.63, 3.8) is 0 Å². The van der Waals surface area contributed by atoms with Crippen LogP contribution in [0.15, 0.2) is 78.9 Å². The van der Waals surface area contributed by atoms with E-state index in [4.69, 9.17) is 0 Å². The van der Waals surface area contributed by atoms with Crippen molar-refractivity contribution in [3.8, 4) is 0 Å². The number of carboxylic acids is 1. The molecule has 1 aromatic heterocycles. The topological polar surface area (TPSA) is 54.3 Å². The molecule has 0 atom stereocenters. The van der Waals surface area contributed by atoms with Crippen molar-refractivity contribution in [2.75, 3.05) is 5.32 Å². The quantitative estimate of drug-likeness (QED) is 0.465. The molecule has 4 rings (SSSR count). The smallest absolute Gasteiger partial charge is 0.307 e. The van der Waals surface area contributed by atoms with Crippen LogP contribution in [0.25, 0.3) is 10.9 Å². The number of para-hydroxylation sites is 1. The van der Waals surface area contributed by atoms with Gasteiger partial charge in [-0.15, -0.1) is 0 Å². The predicted octanol–water partition coefficient (Wildman–Crippen LogP) is 5.07. The van der Waals surface area contributed by atoms with E-state index in [2.05, 4.69) is 9.88 Å². The summed E-state index contributed by atoms with van der Waals surface area (Å²) in [5.74, 6) is -0.428. The van der Waals surface area contributed by atoms with E-state index < -0.39 is 5.97 Å². The highest BCUT2D eigenvalue weighted by Crippen LogP contribution is 2.32. The Morgan fingerprint density at radius 2 is 1.66 bits per heavy atom. The Morgan fingerprint density at radius 1 is 0.931 bits per heavy atom. The van der Waals surface area contributed by atoms with E-state index in [1.54, 1.807) is 6.07 Å². The number of carbonyl (C=O) groups is 1. The molecule has 4 aromatic rings. The largest absolute Gasteiger partial charge is 0.481 e. The second-order valence-electron chi connectivity index (χ2n) is 6.97. The summed E-state index contributed by atoms with van der Waals surface area (Å²) in [5, 5.41) is 13.8. The van der Waals surface area contributed by atoms with Crippen LogP contribution >= 0.6 is 0 Å². The third-order valence-electron chi connectivity index (χ3n) is 4.94. The molecule has 0 aliphatic rings. The van der Waals surface area contributed by atoms with Crippen LogP contribution in [0.4, 0.5) is 10.2 Å². The number of rotatable bonds is 7. The molecule has 0 amide bonds. The maximum absolute atomic E-state index is 13.6. The van der Waals surface area contributed by atoms with Crippen LogP contribution in [0.1, 0.15) is 16.7 Å². The molecule has 2 N–H and O–H groups in total. The van der Waals surface area contributed by atoms with E-state index in [9.17, 15) is 14.3 Å². The van der Waals surface area contributed by atoms with Crippen LogP contribution in [-0.4, -0.2) is 15.6 Å². The second kappa shape index (κ2) is 8.19. The summed E-state index contributed by atoms with van der Waals surface area (Å²) in [6, 6.07) is 24.2. The number of hydrogen-bond acceptors (Lipinski definition) is 2. The maximum Gasteiger partial charge on any atom is 0.307 e. The Hall–Kier alpha value is -3.60. The van der Waals surface area contributed by atoms with Crippen molar-refractivity contribution in [2.45, 2.75) is 19.5 Å². The molecule has 146 valence electrons. The molecule has 0 radical (unpaired) electrons. The number of nitrogens with zero attached hydrogens (tertiary/aromatic N) is 1. The Morgan fingerprint density at radius 3 is 2.41 bits per heavy atom. The first-order valence-corrected chi connectivity index (χ1v) is 9.46. The van der Waals surface area contributed by atoms with Crippen LogP contribution in [-0.2, 0) is 24.3 Å². The summed E-state index contributed by atoms with van der Waals surface area (Å²) in [7, 11) is 0. The first-order chi connectivity index (χ1) is 14.1. The lowest BCUT2D eigenvalue weighted by atomic mass is 10.1. The third-order valence-corrected chi connectivity index (χ3v) is 4.94. The number of fused-ring (bicyclic) bond motifs is 1. The van der Waals surface area contributed by atoms with Gasteiger partial charge in [0.15, 0.2) is 0 Å². The van der Waals surface area contributed by atoms with E-state index >= 15 is 0 Å². The number of halogens is 1. The number of anilines is 1. The van der Waals surface area contributed by atoms with Gasteiger partial charge in [0, 0.05) is 24.0 Å². The van der Waals surface area contributed by atoms with E-state index in [-0.39, 0.29) is 12.2 Å². The van der Waals surface area contributed by atoms with Gasteiger partial charge in [0.05, 0.1) is 11.9 Å². The maximum atomic E-state index is 13.6. The minimum Gasteiger partial charge on any atom is -0.481 e. The second-order valence-corrected chi connectivity index (χ2v) is 6.97. The van der Waals surface area contributed by atoms with Crippen molar-refractivity contribution in [1.82, 2.24) is 4.57 Å². The monoisotopic (exact) mass is 388 g/mol. The summed E-state index contributed by atoms with van der Waals surface area (Å²) < 4.78 is 15.7. The molecule has 0 bridgehead atoms. The molecule has 5 heteroatoms. The highest BCUT2D eigenvalue weighted by atomic mass is 19.1. The number of hydrogen-bond donors (Lipinski definition) is 2. The lowest BCUT2D eigenvalue weighted by Gasteiger charge is -2.15. The van der Waals surface area contributed by atoms with Gasteiger partial charge in [-0.25, -0.2) is 4.39 Å². The van der Waals surface area contributed by atoms with Gasteiger partial charge in [0.2, 0.25) is 0 Å². The normalized spacial score (nSPS) is 10.9. The van der Waals surface area contributed by atoms with Crippen LogP contribution in [0.3, 0.4) is 0 Å². The molecule has 4 nitrogen and oxygen atoms in total. The van der Waals surface area contributed by atoms with E-state index in [1.807, 2.05) is 60.7 Å². The fraction of sp³-hybridized carbons (Fsp3) is 0.125. The molecule has 0 unspecified atom stereocenters. The van der Waals surface area contributed by atoms with Gasteiger partial charge in [-0.05, 0) is 29.3 Å². The highest BCUT2D eigenvalue weighted by Gasteiger charge is 2.19. The van der Waals surface area contributed by atoms with Crippen molar-refractivity contribution < 1.29 is 14.3 Å². The molecule has 1 heterocycles. The van der Waals surface area contributed by atoms with Gasteiger partial charge < -0.3 is 15.0 Å². The molecule has 0 aliphatic heterocycles. The summed E-state index contributed by atoms with van der Waals surface area (Å²) in [6.07, 6.45) is -0.0895. The number of aromatic nitrogens is 1. The summed E-state index contributed by atoms with van der Waals surface area (Å²) in [4.78, 5) is 11.6. The summed E-state index contributed by atoms with van der Waals surface area (Å²) in [6.45, 7) is 1.00. The Labute approximate surface area is 168 Å². The van der Waals surface area contributed by atoms with E-state index in [1.165, 1.54) is 12.1 Å². The first kappa shape index (κ1) is 18.7. The zero-order valence-electron chi connectivity index (χ0n) is 15.8. The molecular weight excluding hydrogens is 367 g/mol. The third kappa shape index (κ3) is 4.14. The minimum atomic E-state index is -0.888. The van der Waals surface area contributed by atoms with Gasteiger partial charge in [-0.2, -0.15) is 0 Å². The lowest BCUT2D eigenvalue weighted by molar-refractivity contribution is -0.136. The number of nitrogens with one attached hydrogen (secondary N) is 1. The zero-order valence-corrected chi connectivity index (χ0v) is 15.8. The van der Waals surface area contributed by atoms with Crippen LogP contribution in [0.2, 0.25) is 0 Å². The summed E-state index contributed by atoms with van der Waals surface area (Å²) in [5.41, 5.74) is 3.61. The van der Waals surface area contributed by atoms with Crippen molar-refractivity contribution in [3.05, 3.63) is 101 Å². The van der Waals surface area contributed by atoms with Gasteiger partial charge in [0.25, 0.3) is 0 Å². The Balaban J connectivity index is 1.79. The SMILES string of the molecule is O=C(O)Cc1c(NCc2cccc(F)c2)n(Cc2ccccc2)c2ccccc12. The van der Waals surface area contributed by atoms with Crippen molar-refractivity contribution in [1.29, 1.82) is 0 Å². The fourth-order valence-electron chi connectivity index (χ4n) is 3.67. The van der Waals surface area contributed by atoms with E-state index in [0.29, 0.717) is 13.1 Å². The van der Waals surface area contributed by atoms with Crippen LogP contribution in [0, 0.1) is 5.82 Å². The first-order valence-electron chi connectivity index (χ1n) is 9.46. The lowest BCUT2D eigenvalue weighted by Crippen LogP contribution is -2.11. The van der Waals surface area contributed by atoms with Gasteiger partial charge in [0.1, 0.15) is 11.6 Å². The van der Waals surface area contributed by atoms with E-state index in [0.717, 1.165) is 33.4 Å². The van der Waals surface area contributed by atoms with Gasteiger partial charge >= 0.3 is 5.97 Å². The minimum absolute atomic E-state index is 0.0895. The molecule has 0 spiro atoms. The molecule has 29 heavy (non-hydrogen) atoms. The molecule has 3 aromatic carbocycles. The Kier molecular flexibility index (Phi) is 5.29. The highest BCUT2D eigenvalue weighted by molar-refractivity contribution is 5.93. The average molecular weight is 388 g/mol. The summed E-state index contributed by atoms with van der Waals surface area (Å²) >= 11 is 0. The molecule has 0 fully saturated rings. The standard InChI is InChI=1S/C24H21FN2O2/c25-19-10-6-9-18(13-19)15-26-24-21(14-23(28)29)20-11-4-5-12-22(20)27(24)16-17-7-2-1-3-8-17/h1-13,26H,14-16H2,(H,28,29). The zero-order chi connectivity index (χ0) is 20.2. The molecular formula is C24H21FN2O2. The van der Waals surface area contributed by atoms with Crippen molar-refractivity contribution >= 4 is 22.7 Å². The average Bonchev–Trinajstić information content (AvgIpc) is 3.00.